The standard InChI is InChI=1S/C25H41N7O6/c1-14(2)12-19(23(36)32-20(15(3)33)24(37)38)31-22(35)18(10-7-11-29-25(27)28)30-21(34)17(26)13-16-8-5-4-6-9-16/h4-6,8-9,14-15,17-20,33H,7,10-13,26H2,1-3H3,(H,30,34)(H,31,35)(H,32,36)(H,37,38)(H4,27,28,29). The van der Waals surface area contributed by atoms with E-state index in [1.807, 2.05) is 44.2 Å². The van der Waals surface area contributed by atoms with Crippen molar-refractivity contribution in [2.75, 3.05) is 6.54 Å². The second kappa shape index (κ2) is 16.2. The van der Waals surface area contributed by atoms with Crippen molar-refractivity contribution in [3.63, 3.8) is 0 Å². The first kappa shape index (κ1) is 32.3. The van der Waals surface area contributed by atoms with E-state index < -0.39 is 54.0 Å². The number of nitrogens with two attached hydrogens (primary N) is 3. The van der Waals surface area contributed by atoms with Crippen molar-refractivity contribution in [3.05, 3.63) is 35.9 Å². The van der Waals surface area contributed by atoms with Crippen molar-refractivity contribution >= 4 is 29.7 Å². The molecule has 5 atom stereocenters. The highest BCUT2D eigenvalue weighted by Crippen LogP contribution is 2.09. The SMILES string of the molecule is CC(C)CC(NC(=O)C(CCCN=C(N)N)NC(=O)C(N)Cc1ccccc1)C(=O)NC(C(=O)O)C(C)O. The number of aliphatic carboxylic acids is 1. The van der Waals surface area contributed by atoms with Gasteiger partial charge in [-0.05, 0) is 44.1 Å². The summed E-state index contributed by atoms with van der Waals surface area (Å²) < 4.78 is 0. The number of hydrogen-bond acceptors (Lipinski definition) is 7. The Labute approximate surface area is 222 Å². The first-order valence-corrected chi connectivity index (χ1v) is 12.5. The third-order valence-electron chi connectivity index (χ3n) is 5.60. The molecule has 0 aliphatic carbocycles. The molecule has 0 aliphatic heterocycles. The molecule has 1 aromatic rings. The predicted molar refractivity (Wildman–Crippen MR) is 143 cm³/mol. The number of aliphatic imine (C=N–C) groups is 1. The zero-order valence-corrected chi connectivity index (χ0v) is 22.1. The third-order valence-corrected chi connectivity index (χ3v) is 5.60. The van der Waals surface area contributed by atoms with Gasteiger partial charge in [-0.25, -0.2) is 4.79 Å². The maximum atomic E-state index is 13.2. The highest BCUT2D eigenvalue weighted by molar-refractivity contribution is 5.94. The van der Waals surface area contributed by atoms with Gasteiger partial charge < -0.3 is 43.4 Å². The number of carboxylic acid groups (broad SMARTS) is 1. The second-order valence-corrected chi connectivity index (χ2v) is 9.56. The van der Waals surface area contributed by atoms with E-state index >= 15 is 0 Å². The number of rotatable bonds is 16. The highest BCUT2D eigenvalue weighted by atomic mass is 16.4. The van der Waals surface area contributed by atoms with Crippen molar-refractivity contribution < 1.29 is 29.4 Å². The number of carbonyl (C=O) groups excluding carboxylic acids is 3. The molecule has 0 aromatic heterocycles. The first-order chi connectivity index (χ1) is 17.8. The molecule has 0 aliphatic rings. The van der Waals surface area contributed by atoms with Crippen LogP contribution in [-0.2, 0) is 25.6 Å². The van der Waals surface area contributed by atoms with E-state index in [1.54, 1.807) is 0 Å². The number of nitrogens with one attached hydrogen (secondary N) is 3. The van der Waals surface area contributed by atoms with Gasteiger partial charge in [0.1, 0.15) is 12.1 Å². The molecule has 0 saturated carbocycles. The Morgan fingerprint density at radius 3 is 2.03 bits per heavy atom. The summed E-state index contributed by atoms with van der Waals surface area (Å²) >= 11 is 0. The monoisotopic (exact) mass is 535 g/mol. The number of carbonyl (C=O) groups is 4. The Morgan fingerprint density at radius 1 is 0.921 bits per heavy atom. The topological polar surface area (TPSA) is 235 Å². The Hall–Kier alpha value is -3.71. The van der Waals surface area contributed by atoms with E-state index in [2.05, 4.69) is 20.9 Å². The fourth-order valence-electron chi connectivity index (χ4n) is 3.63. The minimum Gasteiger partial charge on any atom is -0.480 e. The second-order valence-electron chi connectivity index (χ2n) is 9.56. The van der Waals surface area contributed by atoms with E-state index in [1.165, 1.54) is 6.92 Å². The van der Waals surface area contributed by atoms with Crippen LogP contribution in [0.5, 0.6) is 0 Å². The van der Waals surface area contributed by atoms with Crippen LogP contribution in [0.1, 0.15) is 45.6 Å². The van der Waals surface area contributed by atoms with E-state index in [-0.39, 0.29) is 37.7 Å². The van der Waals surface area contributed by atoms with Crippen LogP contribution in [0, 0.1) is 5.92 Å². The van der Waals surface area contributed by atoms with Gasteiger partial charge in [-0.2, -0.15) is 0 Å². The van der Waals surface area contributed by atoms with Crippen LogP contribution in [0.2, 0.25) is 0 Å². The lowest BCUT2D eigenvalue weighted by Gasteiger charge is -2.26. The molecule has 0 fully saturated rings. The minimum atomic E-state index is -1.56. The lowest BCUT2D eigenvalue weighted by Crippen LogP contribution is -2.58. The van der Waals surface area contributed by atoms with Gasteiger partial charge >= 0.3 is 5.97 Å². The zero-order chi connectivity index (χ0) is 28.8. The Bertz CT molecular complexity index is 951. The summed E-state index contributed by atoms with van der Waals surface area (Å²) in [7, 11) is 0. The lowest BCUT2D eigenvalue weighted by atomic mass is 10.0. The summed E-state index contributed by atoms with van der Waals surface area (Å²) in [6.45, 7) is 5.10. The fraction of sp³-hybridized carbons (Fsp3) is 0.560. The summed E-state index contributed by atoms with van der Waals surface area (Å²) in [5.74, 6) is -3.55. The molecule has 5 unspecified atom stereocenters. The molecule has 13 nitrogen and oxygen atoms in total. The number of amides is 3. The van der Waals surface area contributed by atoms with Gasteiger partial charge in [0.15, 0.2) is 12.0 Å². The summed E-state index contributed by atoms with van der Waals surface area (Å²) in [5, 5.41) is 26.5. The normalized spacial score (nSPS) is 14.9. The number of carboxylic acids is 1. The number of guanidine groups is 1. The van der Waals surface area contributed by atoms with Crippen LogP contribution in [0.3, 0.4) is 0 Å². The van der Waals surface area contributed by atoms with Gasteiger partial charge in [0.25, 0.3) is 0 Å². The number of hydrogen-bond donors (Lipinski definition) is 8. The lowest BCUT2D eigenvalue weighted by molar-refractivity contribution is -0.145. The number of aliphatic hydroxyl groups excluding tert-OH is 1. The number of benzene rings is 1. The van der Waals surface area contributed by atoms with Gasteiger partial charge in [-0.3, -0.25) is 19.4 Å². The average molecular weight is 536 g/mol. The molecule has 1 aromatic carbocycles. The molecule has 13 heteroatoms. The molecule has 38 heavy (non-hydrogen) atoms. The molecular weight excluding hydrogens is 494 g/mol. The van der Waals surface area contributed by atoms with E-state index in [0.29, 0.717) is 6.42 Å². The van der Waals surface area contributed by atoms with Crippen molar-refractivity contribution in [1.29, 1.82) is 0 Å². The van der Waals surface area contributed by atoms with Gasteiger partial charge in [-0.15, -0.1) is 0 Å². The number of nitrogens with zero attached hydrogens (tertiary/aromatic N) is 1. The number of aliphatic hydroxyl groups is 1. The minimum absolute atomic E-state index is 0.0462. The van der Waals surface area contributed by atoms with Gasteiger partial charge in [0.2, 0.25) is 17.7 Å². The van der Waals surface area contributed by atoms with Crippen molar-refractivity contribution in [2.24, 2.45) is 28.1 Å². The van der Waals surface area contributed by atoms with Crippen molar-refractivity contribution in [2.45, 2.75) is 76.7 Å². The van der Waals surface area contributed by atoms with Crippen LogP contribution < -0.4 is 33.2 Å². The molecule has 11 N–H and O–H groups in total. The molecule has 1 rings (SSSR count). The Kier molecular flexibility index (Phi) is 13.8. The van der Waals surface area contributed by atoms with Crippen LogP contribution in [-0.4, -0.2) is 76.7 Å². The van der Waals surface area contributed by atoms with Crippen LogP contribution in [0.15, 0.2) is 35.3 Å². The maximum Gasteiger partial charge on any atom is 0.328 e. The van der Waals surface area contributed by atoms with E-state index in [0.717, 1.165) is 5.56 Å². The molecule has 0 saturated heterocycles. The fourth-order valence-corrected chi connectivity index (χ4v) is 3.63. The van der Waals surface area contributed by atoms with Gasteiger partial charge in [0, 0.05) is 6.54 Å². The molecule has 0 heterocycles. The van der Waals surface area contributed by atoms with E-state index in [4.69, 9.17) is 17.2 Å². The molecule has 0 spiro atoms. The largest absolute Gasteiger partial charge is 0.480 e. The summed E-state index contributed by atoms with van der Waals surface area (Å²) in [4.78, 5) is 54.2. The van der Waals surface area contributed by atoms with Crippen molar-refractivity contribution in [1.82, 2.24) is 16.0 Å². The Balaban J connectivity index is 3.03. The van der Waals surface area contributed by atoms with Crippen LogP contribution >= 0.6 is 0 Å². The molecule has 0 bridgehead atoms. The van der Waals surface area contributed by atoms with E-state index in [9.17, 15) is 29.4 Å². The molecule has 212 valence electrons. The maximum absolute atomic E-state index is 13.2. The molecular formula is C25H41N7O6. The van der Waals surface area contributed by atoms with Gasteiger partial charge in [0.05, 0.1) is 12.1 Å². The Morgan fingerprint density at radius 2 is 1.50 bits per heavy atom. The summed E-state index contributed by atoms with van der Waals surface area (Å²) in [6, 6.07) is 4.50. The smallest absolute Gasteiger partial charge is 0.328 e. The summed E-state index contributed by atoms with van der Waals surface area (Å²) in [5.41, 5.74) is 17.6. The highest BCUT2D eigenvalue weighted by Gasteiger charge is 2.32. The third kappa shape index (κ3) is 12.0. The zero-order valence-electron chi connectivity index (χ0n) is 22.1. The van der Waals surface area contributed by atoms with Crippen LogP contribution in [0.25, 0.3) is 0 Å². The first-order valence-electron chi connectivity index (χ1n) is 12.5. The molecule has 3 amide bonds. The summed E-state index contributed by atoms with van der Waals surface area (Å²) in [6.07, 6.45) is -0.433. The van der Waals surface area contributed by atoms with Crippen molar-refractivity contribution in [3.8, 4) is 0 Å². The molecule has 0 radical (unpaired) electrons. The van der Waals surface area contributed by atoms with Crippen LogP contribution in [0.4, 0.5) is 0 Å². The van der Waals surface area contributed by atoms with Gasteiger partial charge in [-0.1, -0.05) is 44.2 Å². The quantitative estimate of drug-likeness (QED) is 0.0703. The predicted octanol–water partition coefficient (Wildman–Crippen LogP) is -1.42. The average Bonchev–Trinajstić information content (AvgIpc) is 2.83.